The number of rotatable bonds is 4. The minimum Gasteiger partial charge on any atom is -0.481 e. The highest BCUT2D eigenvalue weighted by molar-refractivity contribution is 6.30. The van der Waals surface area contributed by atoms with Crippen LogP contribution >= 0.6 is 11.6 Å². The molecule has 1 N–H and O–H groups in total. The zero-order valence-corrected chi connectivity index (χ0v) is 17.9. The molecule has 1 amide bonds. The predicted octanol–water partition coefficient (Wildman–Crippen LogP) is 3.84. The van der Waals surface area contributed by atoms with Crippen LogP contribution in [0.2, 0.25) is 5.02 Å². The number of hydrogen-bond acceptors (Lipinski definition) is 5. The smallest absolute Gasteiger partial charge is 0.336 e. The quantitative estimate of drug-likeness (QED) is 0.626. The maximum absolute atomic E-state index is 12.9. The third-order valence-electron chi connectivity index (χ3n) is 6.04. The Balaban J connectivity index is 1.40. The van der Waals surface area contributed by atoms with E-state index < -0.39 is 11.7 Å². The van der Waals surface area contributed by atoms with E-state index in [2.05, 4.69) is 5.32 Å². The number of nitrogens with one attached hydrogen (secondary N) is 1. The average molecular weight is 439 g/mol. The van der Waals surface area contributed by atoms with Crippen LogP contribution in [0.1, 0.15) is 19.8 Å². The molecule has 2 fully saturated rings. The molecule has 3 heterocycles. The van der Waals surface area contributed by atoms with Gasteiger partial charge in [0.05, 0.1) is 0 Å². The molecular weight excluding hydrogens is 416 g/mol. The second-order valence-electron chi connectivity index (χ2n) is 8.29. The summed E-state index contributed by atoms with van der Waals surface area (Å²) in [5.41, 5.74) is 1.51. The van der Waals surface area contributed by atoms with Crippen LogP contribution in [-0.2, 0) is 4.79 Å². The summed E-state index contributed by atoms with van der Waals surface area (Å²) in [6, 6.07) is 14.8. The van der Waals surface area contributed by atoms with E-state index in [1.54, 1.807) is 25.1 Å². The Labute approximate surface area is 184 Å². The molecule has 0 spiro atoms. The van der Waals surface area contributed by atoms with Gasteiger partial charge in [-0.25, -0.2) is 4.79 Å². The fourth-order valence-corrected chi connectivity index (χ4v) is 4.79. The van der Waals surface area contributed by atoms with E-state index in [0.717, 1.165) is 42.4 Å². The molecule has 160 valence electrons. The average Bonchev–Trinajstić information content (AvgIpc) is 3.09. The highest BCUT2D eigenvalue weighted by Gasteiger charge is 2.36. The van der Waals surface area contributed by atoms with Crippen LogP contribution < -0.4 is 15.7 Å². The number of carbonyl (C=O) groups excluding carboxylic acids is 1. The van der Waals surface area contributed by atoms with E-state index >= 15 is 0 Å². The molecule has 7 heteroatoms. The molecule has 31 heavy (non-hydrogen) atoms. The summed E-state index contributed by atoms with van der Waals surface area (Å²) in [7, 11) is 0. The molecule has 2 unspecified atom stereocenters. The third-order valence-corrected chi connectivity index (χ3v) is 6.28. The van der Waals surface area contributed by atoms with Gasteiger partial charge < -0.3 is 19.4 Å². The van der Waals surface area contributed by atoms with Gasteiger partial charge in [-0.05, 0) is 55.2 Å². The van der Waals surface area contributed by atoms with Crippen molar-refractivity contribution in [2.75, 3.05) is 13.1 Å². The fourth-order valence-electron chi connectivity index (χ4n) is 4.60. The summed E-state index contributed by atoms with van der Waals surface area (Å²) in [5, 5.41) is 4.89. The first kappa shape index (κ1) is 20.1. The van der Waals surface area contributed by atoms with Crippen LogP contribution in [0, 0.1) is 0 Å². The summed E-state index contributed by atoms with van der Waals surface area (Å²) < 4.78 is 11.4. The van der Waals surface area contributed by atoms with Gasteiger partial charge in [-0.1, -0.05) is 23.7 Å². The first-order valence-electron chi connectivity index (χ1n) is 10.5. The molecule has 5 rings (SSSR count). The van der Waals surface area contributed by atoms with E-state index in [9.17, 15) is 9.59 Å². The number of amides is 1. The Morgan fingerprint density at radius 2 is 1.94 bits per heavy atom. The molecule has 3 atom stereocenters. The lowest BCUT2D eigenvalue weighted by Gasteiger charge is -2.34. The summed E-state index contributed by atoms with van der Waals surface area (Å²) in [6.07, 6.45) is 1.60. The van der Waals surface area contributed by atoms with Crippen molar-refractivity contribution in [3.63, 3.8) is 0 Å². The largest absolute Gasteiger partial charge is 0.481 e. The van der Waals surface area contributed by atoms with Gasteiger partial charge in [-0.2, -0.15) is 0 Å². The monoisotopic (exact) mass is 438 g/mol. The van der Waals surface area contributed by atoms with Crippen molar-refractivity contribution in [1.82, 2.24) is 10.2 Å². The van der Waals surface area contributed by atoms with E-state index in [1.165, 1.54) is 6.07 Å². The first-order chi connectivity index (χ1) is 15.0. The lowest BCUT2D eigenvalue weighted by Crippen LogP contribution is -2.55. The Hall–Kier alpha value is -2.83. The van der Waals surface area contributed by atoms with Crippen LogP contribution in [0.5, 0.6) is 5.75 Å². The van der Waals surface area contributed by atoms with Gasteiger partial charge >= 0.3 is 5.63 Å². The van der Waals surface area contributed by atoms with Gasteiger partial charge in [0.15, 0.2) is 6.10 Å². The zero-order chi connectivity index (χ0) is 21.5. The number of nitrogens with zero attached hydrogens (tertiary/aromatic N) is 1. The van der Waals surface area contributed by atoms with Gasteiger partial charge in [0, 0.05) is 47.7 Å². The Morgan fingerprint density at radius 3 is 2.68 bits per heavy atom. The number of piperazine rings is 1. The van der Waals surface area contributed by atoms with Gasteiger partial charge in [0.25, 0.3) is 5.91 Å². The number of ether oxygens (including phenoxy) is 1. The van der Waals surface area contributed by atoms with Crippen molar-refractivity contribution < 1.29 is 13.9 Å². The van der Waals surface area contributed by atoms with Crippen molar-refractivity contribution in [1.29, 1.82) is 0 Å². The zero-order valence-electron chi connectivity index (χ0n) is 17.1. The maximum atomic E-state index is 12.9. The van der Waals surface area contributed by atoms with Crippen LogP contribution in [-0.4, -0.2) is 42.1 Å². The maximum Gasteiger partial charge on any atom is 0.336 e. The molecule has 0 aliphatic carbocycles. The van der Waals surface area contributed by atoms with Crippen molar-refractivity contribution in [3.8, 4) is 16.9 Å². The summed E-state index contributed by atoms with van der Waals surface area (Å²) in [4.78, 5) is 27.0. The molecule has 2 aromatic carbocycles. The number of hydrogen-bond donors (Lipinski definition) is 1. The molecule has 0 radical (unpaired) electrons. The van der Waals surface area contributed by atoms with Crippen molar-refractivity contribution in [3.05, 3.63) is 64.0 Å². The summed E-state index contributed by atoms with van der Waals surface area (Å²) in [5.74, 6) is 0.463. The van der Waals surface area contributed by atoms with Crippen LogP contribution in [0.15, 0.2) is 57.7 Å². The Bertz CT molecular complexity index is 1200. The van der Waals surface area contributed by atoms with E-state index in [-0.39, 0.29) is 5.91 Å². The predicted molar refractivity (Wildman–Crippen MR) is 120 cm³/mol. The highest BCUT2D eigenvalue weighted by Crippen LogP contribution is 2.31. The first-order valence-corrected chi connectivity index (χ1v) is 10.9. The molecular formula is C24H23ClN2O4. The standard InChI is InChI=1S/C24H23ClN2O4/c1-14(24(29)27-12-17-5-6-18(13-27)26-17)30-19-7-8-20-21(11-23(28)31-22(20)10-19)15-3-2-4-16(25)9-15/h2-4,7-11,14,17-18,26H,5-6,12-13H2,1H3/t14-,17?,18?/m1/s1. The van der Waals surface area contributed by atoms with Gasteiger partial charge in [0.1, 0.15) is 11.3 Å². The Morgan fingerprint density at radius 1 is 1.16 bits per heavy atom. The number of likely N-dealkylation sites (tertiary alicyclic amines) is 1. The Kier molecular flexibility index (Phi) is 5.20. The number of fused-ring (bicyclic) bond motifs is 3. The van der Waals surface area contributed by atoms with Crippen molar-refractivity contribution in [2.24, 2.45) is 0 Å². The summed E-state index contributed by atoms with van der Waals surface area (Å²) >= 11 is 6.12. The SMILES string of the molecule is C[C@@H](Oc1ccc2c(-c3cccc(Cl)c3)cc(=O)oc2c1)C(=O)N1CC2CCC(C1)N2. The van der Waals surface area contributed by atoms with Gasteiger partial charge in [-0.15, -0.1) is 0 Å². The third kappa shape index (κ3) is 4.05. The van der Waals surface area contributed by atoms with Crippen molar-refractivity contribution >= 4 is 28.5 Å². The van der Waals surface area contributed by atoms with Gasteiger partial charge in [-0.3, -0.25) is 4.79 Å². The van der Waals surface area contributed by atoms with E-state index in [0.29, 0.717) is 28.4 Å². The molecule has 2 aliphatic heterocycles. The molecule has 3 aromatic rings. The molecule has 2 saturated heterocycles. The summed E-state index contributed by atoms with van der Waals surface area (Å²) in [6.45, 7) is 3.20. The lowest BCUT2D eigenvalue weighted by atomic mass is 10.0. The second-order valence-corrected chi connectivity index (χ2v) is 8.73. The lowest BCUT2D eigenvalue weighted by molar-refractivity contribution is -0.139. The number of halogens is 1. The molecule has 6 nitrogen and oxygen atoms in total. The van der Waals surface area contributed by atoms with Crippen LogP contribution in [0.4, 0.5) is 0 Å². The minimum absolute atomic E-state index is 0.0207. The molecule has 0 saturated carbocycles. The molecule has 2 bridgehead atoms. The van der Waals surface area contributed by atoms with Crippen molar-refractivity contribution in [2.45, 2.75) is 38.0 Å². The molecule has 2 aliphatic rings. The van der Waals surface area contributed by atoms with Gasteiger partial charge in [0.2, 0.25) is 0 Å². The second kappa shape index (κ2) is 8.02. The van der Waals surface area contributed by atoms with E-state index in [4.69, 9.17) is 20.8 Å². The van der Waals surface area contributed by atoms with Crippen LogP contribution in [0.3, 0.4) is 0 Å². The molecule has 1 aromatic heterocycles. The number of carbonyl (C=O) groups is 1. The fraction of sp³-hybridized carbons (Fsp3) is 0.333. The van der Waals surface area contributed by atoms with E-state index in [1.807, 2.05) is 29.2 Å². The minimum atomic E-state index is -0.627. The number of benzene rings is 2. The normalized spacial score (nSPS) is 21.3. The topological polar surface area (TPSA) is 71.8 Å². The highest BCUT2D eigenvalue weighted by atomic mass is 35.5. The van der Waals surface area contributed by atoms with Crippen LogP contribution in [0.25, 0.3) is 22.1 Å².